The third-order valence-electron chi connectivity index (χ3n) is 3.36. The Hall–Kier alpha value is -0.890. The Balaban J connectivity index is 2.12. The predicted molar refractivity (Wildman–Crippen MR) is 73.9 cm³/mol. The van der Waals surface area contributed by atoms with E-state index in [1.54, 1.807) is 17.3 Å². The van der Waals surface area contributed by atoms with Crippen molar-refractivity contribution in [1.82, 2.24) is 19.7 Å². The molecule has 2 rings (SSSR count). The number of nitrogens with zero attached hydrogens (tertiary/aromatic N) is 2. The molecule has 1 fully saturated rings. The second kappa shape index (κ2) is 6.04. The van der Waals surface area contributed by atoms with Crippen LogP contribution < -0.4 is 10.1 Å². The first-order valence-electron chi connectivity index (χ1n) is 6.60. The molecule has 108 valence electrons. The van der Waals surface area contributed by atoms with Crippen LogP contribution >= 0.6 is 0 Å². The Labute approximate surface area is 114 Å². The van der Waals surface area contributed by atoms with Crippen LogP contribution in [-0.4, -0.2) is 38.1 Å². The summed E-state index contributed by atoms with van der Waals surface area (Å²) < 4.78 is 26.4. The van der Waals surface area contributed by atoms with Gasteiger partial charge in [-0.2, -0.15) is 0 Å². The van der Waals surface area contributed by atoms with Gasteiger partial charge in [-0.3, -0.25) is 0 Å². The number of aromatic nitrogens is 1. The van der Waals surface area contributed by atoms with Gasteiger partial charge in [-0.1, -0.05) is 6.42 Å². The zero-order valence-electron chi connectivity index (χ0n) is 11.5. The standard InChI is InChI=1S/C12H22N4O2S/c1-13-9-11-8-12(10-15(11)2)19(17,18)14-16-6-4-3-5-7-16/h8,10,13-14H,3-7,9H2,1-2H3. The van der Waals surface area contributed by atoms with Crippen LogP contribution in [0.4, 0.5) is 0 Å². The fourth-order valence-corrected chi connectivity index (χ4v) is 3.50. The van der Waals surface area contributed by atoms with Crippen molar-refractivity contribution in [3.05, 3.63) is 18.0 Å². The van der Waals surface area contributed by atoms with E-state index < -0.39 is 10.0 Å². The molecule has 0 bridgehead atoms. The van der Waals surface area contributed by atoms with E-state index in [4.69, 9.17) is 0 Å². The largest absolute Gasteiger partial charge is 0.352 e. The second-order valence-corrected chi connectivity index (χ2v) is 6.61. The van der Waals surface area contributed by atoms with Gasteiger partial charge in [0, 0.05) is 38.6 Å². The summed E-state index contributed by atoms with van der Waals surface area (Å²) >= 11 is 0. The molecule has 0 atom stereocenters. The average molecular weight is 286 g/mol. The molecular weight excluding hydrogens is 264 g/mol. The SMILES string of the molecule is CNCc1cc(S(=O)(=O)NN2CCCCC2)cn1C. The summed E-state index contributed by atoms with van der Waals surface area (Å²) in [5.41, 5.74) is 0.946. The van der Waals surface area contributed by atoms with Gasteiger partial charge in [0.2, 0.25) is 0 Å². The van der Waals surface area contributed by atoms with E-state index in [1.165, 1.54) is 6.42 Å². The van der Waals surface area contributed by atoms with Gasteiger partial charge in [-0.05, 0) is 26.0 Å². The van der Waals surface area contributed by atoms with E-state index in [0.29, 0.717) is 11.4 Å². The molecule has 0 spiro atoms. The summed E-state index contributed by atoms with van der Waals surface area (Å²) in [5, 5.41) is 4.82. The Kier molecular flexibility index (Phi) is 4.62. The molecule has 1 aliphatic rings. The molecule has 1 aromatic rings. The van der Waals surface area contributed by atoms with Crippen LogP contribution in [0, 0.1) is 0 Å². The first-order chi connectivity index (χ1) is 9.03. The minimum atomic E-state index is -3.45. The molecule has 0 amide bonds. The number of hydrazine groups is 1. The van der Waals surface area contributed by atoms with Crippen molar-refractivity contribution in [3.63, 3.8) is 0 Å². The second-order valence-electron chi connectivity index (χ2n) is 4.95. The van der Waals surface area contributed by atoms with Crippen molar-refractivity contribution in [1.29, 1.82) is 0 Å². The van der Waals surface area contributed by atoms with Crippen molar-refractivity contribution >= 4 is 10.0 Å². The summed E-state index contributed by atoms with van der Waals surface area (Å²) in [5.74, 6) is 0. The van der Waals surface area contributed by atoms with Crippen LogP contribution in [0.2, 0.25) is 0 Å². The molecule has 1 aliphatic heterocycles. The van der Waals surface area contributed by atoms with Gasteiger partial charge < -0.3 is 9.88 Å². The predicted octanol–water partition coefficient (Wildman–Crippen LogP) is 0.424. The Morgan fingerprint density at radius 2 is 1.95 bits per heavy atom. The lowest BCUT2D eigenvalue weighted by molar-refractivity contribution is 0.200. The quantitative estimate of drug-likeness (QED) is 0.823. The maximum atomic E-state index is 12.3. The van der Waals surface area contributed by atoms with Crippen molar-refractivity contribution in [3.8, 4) is 0 Å². The lowest BCUT2D eigenvalue weighted by atomic mass is 10.2. The molecule has 6 nitrogen and oxygen atoms in total. The minimum Gasteiger partial charge on any atom is -0.352 e. The zero-order chi connectivity index (χ0) is 13.9. The number of rotatable bonds is 5. The van der Waals surface area contributed by atoms with Crippen LogP contribution in [-0.2, 0) is 23.6 Å². The molecule has 2 heterocycles. The van der Waals surface area contributed by atoms with E-state index >= 15 is 0 Å². The Morgan fingerprint density at radius 1 is 1.26 bits per heavy atom. The average Bonchev–Trinajstić information content (AvgIpc) is 2.73. The third kappa shape index (κ3) is 3.56. The number of piperidine rings is 1. The Bertz CT molecular complexity index is 518. The van der Waals surface area contributed by atoms with Gasteiger partial charge in [0.1, 0.15) is 4.90 Å². The molecule has 0 aromatic carbocycles. The van der Waals surface area contributed by atoms with Crippen LogP contribution in [0.25, 0.3) is 0 Å². The van der Waals surface area contributed by atoms with Gasteiger partial charge >= 0.3 is 0 Å². The first-order valence-corrected chi connectivity index (χ1v) is 8.08. The smallest absolute Gasteiger partial charge is 0.254 e. The van der Waals surface area contributed by atoms with E-state index in [1.807, 2.05) is 18.7 Å². The normalized spacial score (nSPS) is 17.8. The fourth-order valence-electron chi connectivity index (χ4n) is 2.29. The summed E-state index contributed by atoms with van der Waals surface area (Å²) in [6.45, 7) is 2.22. The molecule has 1 aromatic heterocycles. The lowest BCUT2D eigenvalue weighted by Gasteiger charge is -2.26. The summed E-state index contributed by atoms with van der Waals surface area (Å²) in [6.07, 6.45) is 4.92. The van der Waals surface area contributed by atoms with E-state index in [2.05, 4.69) is 10.1 Å². The molecular formula is C12H22N4O2S. The maximum Gasteiger partial charge on any atom is 0.254 e. The van der Waals surface area contributed by atoms with Crippen LogP contribution in [0.3, 0.4) is 0 Å². The van der Waals surface area contributed by atoms with Gasteiger partial charge in [0.05, 0.1) is 0 Å². The number of hydrogen-bond acceptors (Lipinski definition) is 4. The molecule has 0 unspecified atom stereocenters. The topological polar surface area (TPSA) is 66.4 Å². The summed E-state index contributed by atoms with van der Waals surface area (Å²) in [7, 11) is 0.242. The van der Waals surface area contributed by atoms with E-state index in [9.17, 15) is 8.42 Å². The van der Waals surface area contributed by atoms with Crippen LogP contribution in [0.15, 0.2) is 17.2 Å². The number of aryl methyl sites for hydroxylation is 1. The minimum absolute atomic E-state index is 0.325. The number of sulfonamides is 1. The van der Waals surface area contributed by atoms with Gasteiger partial charge in [-0.25, -0.2) is 13.4 Å². The van der Waals surface area contributed by atoms with Gasteiger partial charge in [0.15, 0.2) is 0 Å². The number of hydrogen-bond donors (Lipinski definition) is 2. The summed E-state index contributed by atoms with van der Waals surface area (Å²) in [4.78, 5) is 2.99. The molecule has 1 saturated heterocycles. The highest BCUT2D eigenvalue weighted by atomic mass is 32.2. The van der Waals surface area contributed by atoms with Gasteiger partial charge in [0.25, 0.3) is 10.0 Å². The molecule has 2 N–H and O–H groups in total. The number of nitrogens with one attached hydrogen (secondary N) is 2. The summed E-state index contributed by atoms with van der Waals surface area (Å²) in [6, 6.07) is 1.71. The lowest BCUT2D eigenvalue weighted by Crippen LogP contribution is -2.44. The fraction of sp³-hybridized carbons (Fsp3) is 0.667. The molecule has 0 aliphatic carbocycles. The van der Waals surface area contributed by atoms with Crippen molar-refractivity contribution in [2.24, 2.45) is 7.05 Å². The zero-order valence-corrected chi connectivity index (χ0v) is 12.3. The first kappa shape index (κ1) is 14.5. The van der Waals surface area contributed by atoms with Crippen molar-refractivity contribution in [2.45, 2.75) is 30.7 Å². The maximum absolute atomic E-state index is 12.3. The van der Waals surface area contributed by atoms with Gasteiger partial charge in [-0.15, -0.1) is 4.83 Å². The van der Waals surface area contributed by atoms with Crippen LogP contribution in [0.5, 0.6) is 0 Å². The molecule has 0 radical (unpaired) electrons. The highest BCUT2D eigenvalue weighted by Gasteiger charge is 2.21. The third-order valence-corrected chi connectivity index (χ3v) is 4.70. The van der Waals surface area contributed by atoms with Crippen molar-refractivity contribution in [2.75, 3.05) is 20.1 Å². The Morgan fingerprint density at radius 3 is 2.58 bits per heavy atom. The highest BCUT2D eigenvalue weighted by Crippen LogP contribution is 2.15. The van der Waals surface area contributed by atoms with E-state index in [-0.39, 0.29) is 0 Å². The van der Waals surface area contributed by atoms with E-state index in [0.717, 1.165) is 31.6 Å². The highest BCUT2D eigenvalue weighted by molar-refractivity contribution is 7.89. The van der Waals surface area contributed by atoms with Crippen molar-refractivity contribution < 1.29 is 8.42 Å². The molecule has 0 saturated carbocycles. The molecule has 7 heteroatoms. The molecule has 19 heavy (non-hydrogen) atoms. The van der Waals surface area contributed by atoms with Crippen LogP contribution in [0.1, 0.15) is 25.0 Å². The monoisotopic (exact) mass is 286 g/mol.